The smallest absolute Gasteiger partial charge is 0.0351 e. The molecule has 98 valence electrons. The van der Waals surface area contributed by atoms with Crippen LogP contribution < -0.4 is 5.32 Å². The standard InChI is InChI=1S/C17H25N/c1-2-13-9-6-10-16(13)18-17(15-11-12-15)14-7-4-3-5-8-14/h3-5,7-8,13,15-18H,2,6,9-12H2,1H3. The summed E-state index contributed by atoms with van der Waals surface area (Å²) in [4.78, 5) is 0. The fourth-order valence-corrected chi connectivity index (χ4v) is 3.57. The van der Waals surface area contributed by atoms with Crippen molar-refractivity contribution in [3.63, 3.8) is 0 Å². The molecule has 0 heterocycles. The first kappa shape index (κ1) is 12.2. The number of nitrogens with one attached hydrogen (secondary N) is 1. The Kier molecular flexibility index (Phi) is 3.69. The van der Waals surface area contributed by atoms with E-state index in [1.54, 1.807) is 0 Å². The van der Waals surface area contributed by atoms with E-state index in [4.69, 9.17) is 0 Å². The Hall–Kier alpha value is -0.820. The highest BCUT2D eigenvalue weighted by molar-refractivity contribution is 5.21. The van der Waals surface area contributed by atoms with Crippen LogP contribution in [0.3, 0.4) is 0 Å². The molecule has 0 spiro atoms. The first-order chi connectivity index (χ1) is 8.88. The first-order valence-corrected chi connectivity index (χ1v) is 7.69. The van der Waals surface area contributed by atoms with Crippen LogP contribution in [-0.2, 0) is 0 Å². The van der Waals surface area contributed by atoms with Crippen molar-refractivity contribution in [3.8, 4) is 0 Å². The van der Waals surface area contributed by atoms with Crippen LogP contribution in [0.2, 0.25) is 0 Å². The molecule has 2 saturated carbocycles. The lowest BCUT2D eigenvalue weighted by Crippen LogP contribution is -2.36. The van der Waals surface area contributed by atoms with Gasteiger partial charge in [-0.1, -0.05) is 50.1 Å². The van der Waals surface area contributed by atoms with Gasteiger partial charge in [-0.25, -0.2) is 0 Å². The Balaban J connectivity index is 1.71. The van der Waals surface area contributed by atoms with Gasteiger partial charge in [-0.2, -0.15) is 0 Å². The quantitative estimate of drug-likeness (QED) is 0.812. The molecule has 2 aliphatic carbocycles. The molecule has 0 saturated heterocycles. The summed E-state index contributed by atoms with van der Waals surface area (Å²) >= 11 is 0. The maximum absolute atomic E-state index is 4.00. The molecule has 0 aromatic heterocycles. The van der Waals surface area contributed by atoms with Crippen molar-refractivity contribution in [2.24, 2.45) is 11.8 Å². The minimum absolute atomic E-state index is 0.614. The van der Waals surface area contributed by atoms with Crippen molar-refractivity contribution in [2.45, 2.75) is 57.5 Å². The van der Waals surface area contributed by atoms with E-state index in [0.717, 1.165) is 17.9 Å². The summed E-state index contributed by atoms with van der Waals surface area (Å²) in [6.07, 6.45) is 8.40. The van der Waals surface area contributed by atoms with Gasteiger partial charge in [0.05, 0.1) is 0 Å². The maximum Gasteiger partial charge on any atom is 0.0351 e. The van der Waals surface area contributed by atoms with Gasteiger partial charge in [0.15, 0.2) is 0 Å². The summed E-state index contributed by atoms with van der Waals surface area (Å²) in [6, 6.07) is 12.5. The summed E-state index contributed by atoms with van der Waals surface area (Å²) in [5.74, 6) is 1.81. The van der Waals surface area contributed by atoms with E-state index in [-0.39, 0.29) is 0 Å². The van der Waals surface area contributed by atoms with Gasteiger partial charge in [-0.15, -0.1) is 0 Å². The molecule has 0 amide bonds. The number of benzene rings is 1. The van der Waals surface area contributed by atoms with Crippen molar-refractivity contribution < 1.29 is 0 Å². The third-order valence-corrected chi connectivity index (χ3v) is 4.83. The summed E-state index contributed by atoms with van der Waals surface area (Å²) < 4.78 is 0. The molecule has 2 fully saturated rings. The molecule has 0 bridgehead atoms. The van der Waals surface area contributed by atoms with Gasteiger partial charge in [0.25, 0.3) is 0 Å². The van der Waals surface area contributed by atoms with Crippen molar-refractivity contribution in [1.29, 1.82) is 0 Å². The highest BCUT2D eigenvalue weighted by Gasteiger charge is 2.36. The lowest BCUT2D eigenvalue weighted by molar-refractivity contribution is 0.333. The zero-order valence-corrected chi connectivity index (χ0v) is 11.4. The molecule has 1 heteroatoms. The largest absolute Gasteiger partial charge is 0.307 e. The van der Waals surface area contributed by atoms with Gasteiger partial charge >= 0.3 is 0 Å². The Bertz CT molecular complexity index is 368. The molecule has 1 nitrogen and oxygen atoms in total. The van der Waals surface area contributed by atoms with Gasteiger partial charge < -0.3 is 5.32 Å². The average Bonchev–Trinajstić information content (AvgIpc) is 3.16. The predicted molar refractivity (Wildman–Crippen MR) is 76.5 cm³/mol. The second-order valence-corrected chi connectivity index (χ2v) is 6.10. The lowest BCUT2D eigenvalue weighted by atomic mass is 9.96. The Morgan fingerprint density at radius 3 is 2.56 bits per heavy atom. The topological polar surface area (TPSA) is 12.0 Å². The van der Waals surface area contributed by atoms with Crippen LogP contribution in [-0.4, -0.2) is 6.04 Å². The summed E-state index contributed by atoms with van der Waals surface area (Å²) in [5.41, 5.74) is 1.50. The van der Waals surface area contributed by atoms with E-state index in [2.05, 4.69) is 42.6 Å². The Labute approximate surface area is 111 Å². The molecule has 18 heavy (non-hydrogen) atoms. The van der Waals surface area contributed by atoms with Gasteiger partial charge in [-0.05, 0) is 43.1 Å². The van der Waals surface area contributed by atoms with E-state index in [9.17, 15) is 0 Å². The normalized spacial score (nSPS) is 29.4. The summed E-state index contributed by atoms with van der Waals surface area (Å²) in [7, 11) is 0. The van der Waals surface area contributed by atoms with Gasteiger partial charge in [-0.3, -0.25) is 0 Å². The van der Waals surface area contributed by atoms with E-state index >= 15 is 0 Å². The highest BCUT2D eigenvalue weighted by atomic mass is 15.0. The zero-order chi connectivity index (χ0) is 12.4. The molecule has 0 aliphatic heterocycles. The SMILES string of the molecule is CCC1CCCC1NC(c1ccccc1)C1CC1. The second kappa shape index (κ2) is 5.44. The molecule has 0 radical (unpaired) electrons. The minimum Gasteiger partial charge on any atom is -0.307 e. The van der Waals surface area contributed by atoms with Crippen LogP contribution in [0, 0.1) is 11.8 Å². The van der Waals surface area contributed by atoms with Crippen LogP contribution in [0.5, 0.6) is 0 Å². The van der Waals surface area contributed by atoms with Crippen LogP contribution in [0.25, 0.3) is 0 Å². The average molecular weight is 243 g/mol. The fraction of sp³-hybridized carbons (Fsp3) is 0.647. The van der Waals surface area contributed by atoms with Crippen LogP contribution in [0.4, 0.5) is 0 Å². The molecule has 1 aromatic rings. The lowest BCUT2D eigenvalue weighted by Gasteiger charge is -2.27. The third kappa shape index (κ3) is 2.61. The van der Waals surface area contributed by atoms with Gasteiger partial charge in [0, 0.05) is 12.1 Å². The number of hydrogen-bond donors (Lipinski definition) is 1. The van der Waals surface area contributed by atoms with Crippen LogP contribution in [0.1, 0.15) is 57.1 Å². The van der Waals surface area contributed by atoms with Crippen molar-refractivity contribution in [1.82, 2.24) is 5.32 Å². The molecule has 3 rings (SSSR count). The van der Waals surface area contributed by atoms with Crippen molar-refractivity contribution in [3.05, 3.63) is 35.9 Å². The zero-order valence-electron chi connectivity index (χ0n) is 11.4. The van der Waals surface area contributed by atoms with Crippen molar-refractivity contribution in [2.75, 3.05) is 0 Å². The Morgan fingerprint density at radius 2 is 1.89 bits per heavy atom. The monoisotopic (exact) mass is 243 g/mol. The molecular weight excluding hydrogens is 218 g/mol. The van der Waals surface area contributed by atoms with Crippen LogP contribution >= 0.6 is 0 Å². The molecule has 1 N–H and O–H groups in total. The molecule has 1 aromatic carbocycles. The fourth-order valence-electron chi connectivity index (χ4n) is 3.57. The predicted octanol–water partition coefficient (Wildman–Crippen LogP) is 4.31. The van der Waals surface area contributed by atoms with Gasteiger partial charge in [0.2, 0.25) is 0 Å². The second-order valence-electron chi connectivity index (χ2n) is 6.10. The molecule has 3 atom stereocenters. The molecule has 3 unspecified atom stereocenters. The van der Waals surface area contributed by atoms with E-state index in [1.807, 2.05) is 0 Å². The number of rotatable bonds is 5. The Morgan fingerprint density at radius 1 is 1.11 bits per heavy atom. The van der Waals surface area contributed by atoms with E-state index in [1.165, 1.54) is 44.1 Å². The van der Waals surface area contributed by atoms with Crippen molar-refractivity contribution >= 4 is 0 Å². The first-order valence-electron chi connectivity index (χ1n) is 7.69. The summed E-state index contributed by atoms with van der Waals surface area (Å²) in [6.45, 7) is 2.35. The van der Waals surface area contributed by atoms with Crippen LogP contribution in [0.15, 0.2) is 30.3 Å². The molecule has 2 aliphatic rings. The maximum atomic E-state index is 4.00. The van der Waals surface area contributed by atoms with Gasteiger partial charge in [0.1, 0.15) is 0 Å². The number of hydrogen-bond acceptors (Lipinski definition) is 1. The summed E-state index contributed by atoms with van der Waals surface area (Å²) in [5, 5.41) is 4.00. The molecular formula is C17H25N. The third-order valence-electron chi connectivity index (χ3n) is 4.83. The highest BCUT2D eigenvalue weighted by Crippen LogP contribution is 2.42. The van der Waals surface area contributed by atoms with E-state index < -0.39 is 0 Å². The minimum atomic E-state index is 0.614. The van der Waals surface area contributed by atoms with E-state index in [0.29, 0.717) is 6.04 Å².